The molecule has 1 saturated carbocycles. The van der Waals surface area contributed by atoms with Crippen LogP contribution < -0.4 is 5.32 Å². The van der Waals surface area contributed by atoms with Crippen LogP contribution in [0.15, 0.2) is 18.2 Å². The molecule has 1 aromatic carbocycles. The maximum atomic E-state index is 13.2. The average Bonchev–Trinajstić information content (AvgIpc) is 3.09. The molecule has 0 heterocycles. The molecule has 0 aromatic heterocycles. The van der Waals surface area contributed by atoms with E-state index in [9.17, 15) is 14.5 Å². The summed E-state index contributed by atoms with van der Waals surface area (Å²) in [4.78, 5) is 10.0. The first-order valence-corrected chi connectivity index (χ1v) is 5.81. The number of nitrogens with zero attached hydrogens (tertiary/aromatic N) is 1. The van der Waals surface area contributed by atoms with Crippen molar-refractivity contribution in [2.75, 3.05) is 5.32 Å². The highest BCUT2D eigenvalue weighted by molar-refractivity contribution is 5.52. The van der Waals surface area contributed by atoms with E-state index in [0.29, 0.717) is 11.6 Å². The molecule has 1 fully saturated rings. The van der Waals surface area contributed by atoms with Crippen LogP contribution in [-0.4, -0.2) is 11.0 Å². The maximum Gasteiger partial charge on any atom is 0.274 e. The smallest absolute Gasteiger partial charge is 0.274 e. The molecule has 0 saturated heterocycles. The molecule has 92 valence electrons. The van der Waals surface area contributed by atoms with E-state index in [-0.39, 0.29) is 11.7 Å². The van der Waals surface area contributed by atoms with Gasteiger partial charge in [0.05, 0.1) is 11.0 Å². The molecular formula is C12H15FN2O2. The first kappa shape index (κ1) is 11.8. The number of nitro benzene ring substituents is 1. The van der Waals surface area contributed by atoms with Crippen LogP contribution >= 0.6 is 0 Å². The fourth-order valence-electron chi connectivity index (χ4n) is 2.03. The Balaban J connectivity index is 2.16. The van der Waals surface area contributed by atoms with Crippen LogP contribution in [0.5, 0.6) is 0 Å². The van der Waals surface area contributed by atoms with Gasteiger partial charge in [0.1, 0.15) is 5.82 Å². The Hall–Kier alpha value is -1.65. The van der Waals surface area contributed by atoms with Gasteiger partial charge in [-0.25, -0.2) is 4.39 Å². The van der Waals surface area contributed by atoms with Crippen LogP contribution in [0, 0.1) is 21.8 Å². The number of halogens is 1. The van der Waals surface area contributed by atoms with Gasteiger partial charge in [-0.2, -0.15) is 0 Å². The molecule has 0 amide bonds. The van der Waals surface area contributed by atoms with E-state index in [1.807, 2.05) is 0 Å². The normalized spacial score (nSPS) is 16.6. The Morgan fingerprint density at radius 3 is 2.76 bits per heavy atom. The molecule has 1 aliphatic carbocycles. The highest BCUT2D eigenvalue weighted by Crippen LogP contribution is 2.36. The van der Waals surface area contributed by atoms with Crippen LogP contribution in [0.25, 0.3) is 0 Å². The van der Waals surface area contributed by atoms with Gasteiger partial charge in [-0.05, 0) is 31.2 Å². The predicted molar refractivity (Wildman–Crippen MR) is 63.5 cm³/mol. The number of nitrogens with one attached hydrogen (secondary N) is 1. The summed E-state index contributed by atoms with van der Waals surface area (Å²) in [5.41, 5.74) is 0.286. The number of nitro groups is 1. The van der Waals surface area contributed by atoms with E-state index < -0.39 is 10.7 Å². The van der Waals surface area contributed by atoms with E-state index in [0.717, 1.165) is 12.5 Å². The number of hydrogen-bond donors (Lipinski definition) is 1. The Morgan fingerprint density at radius 2 is 2.24 bits per heavy atom. The third-order valence-corrected chi connectivity index (χ3v) is 3.08. The van der Waals surface area contributed by atoms with Crippen molar-refractivity contribution >= 4 is 11.4 Å². The molecule has 5 heteroatoms. The Morgan fingerprint density at radius 1 is 1.53 bits per heavy atom. The summed E-state index contributed by atoms with van der Waals surface area (Å²) in [6.45, 7) is 2.06. The summed E-state index contributed by atoms with van der Waals surface area (Å²) in [5, 5.41) is 13.8. The summed E-state index contributed by atoms with van der Waals surface area (Å²) < 4.78 is 13.2. The second kappa shape index (κ2) is 4.69. The first-order chi connectivity index (χ1) is 8.10. The zero-order valence-corrected chi connectivity index (χ0v) is 9.65. The van der Waals surface area contributed by atoms with Crippen LogP contribution in [0.2, 0.25) is 0 Å². The molecule has 1 aromatic rings. The second-order valence-corrected chi connectivity index (χ2v) is 4.45. The van der Waals surface area contributed by atoms with Gasteiger partial charge in [-0.3, -0.25) is 10.1 Å². The standard InChI is InChI=1S/C12H15FN2O2/c1-2-12(8-3-4-8)14-10-5-9(13)6-11(7-10)15(16)17/h5-8,12,14H,2-4H2,1H3. The minimum atomic E-state index is -0.577. The largest absolute Gasteiger partial charge is 0.382 e. The van der Waals surface area contributed by atoms with E-state index >= 15 is 0 Å². The average molecular weight is 238 g/mol. The lowest BCUT2D eigenvalue weighted by molar-refractivity contribution is -0.385. The van der Waals surface area contributed by atoms with E-state index in [1.54, 1.807) is 0 Å². The molecule has 0 bridgehead atoms. The van der Waals surface area contributed by atoms with Crippen molar-refractivity contribution < 1.29 is 9.31 Å². The number of anilines is 1. The summed E-state index contributed by atoms with van der Waals surface area (Å²) >= 11 is 0. The van der Waals surface area contributed by atoms with Gasteiger partial charge in [0.2, 0.25) is 0 Å². The van der Waals surface area contributed by atoms with Gasteiger partial charge in [0, 0.05) is 17.8 Å². The SMILES string of the molecule is CCC(Nc1cc(F)cc([N+](=O)[O-])c1)C1CC1. The fraction of sp³-hybridized carbons (Fsp3) is 0.500. The molecule has 1 atom stereocenters. The van der Waals surface area contributed by atoms with E-state index in [4.69, 9.17) is 0 Å². The van der Waals surface area contributed by atoms with Crippen molar-refractivity contribution in [1.29, 1.82) is 0 Å². The van der Waals surface area contributed by atoms with Crippen LogP contribution in [0.3, 0.4) is 0 Å². The molecule has 1 N–H and O–H groups in total. The Labute approximate surface area is 99.0 Å². The van der Waals surface area contributed by atoms with Crippen LogP contribution in [0.4, 0.5) is 15.8 Å². The van der Waals surface area contributed by atoms with Crippen molar-refractivity contribution in [1.82, 2.24) is 0 Å². The van der Waals surface area contributed by atoms with Gasteiger partial charge in [0.25, 0.3) is 5.69 Å². The van der Waals surface area contributed by atoms with E-state index in [1.165, 1.54) is 25.0 Å². The van der Waals surface area contributed by atoms with Crippen molar-refractivity contribution in [3.63, 3.8) is 0 Å². The summed E-state index contributed by atoms with van der Waals surface area (Å²) in [6, 6.07) is 3.91. The minimum absolute atomic E-state index is 0.210. The molecule has 0 aliphatic heterocycles. The minimum Gasteiger partial charge on any atom is -0.382 e. The molecule has 1 aliphatic rings. The monoisotopic (exact) mass is 238 g/mol. The number of rotatable bonds is 5. The van der Waals surface area contributed by atoms with Crippen molar-refractivity contribution in [3.05, 3.63) is 34.1 Å². The highest BCUT2D eigenvalue weighted by atomic mass is 19.1. The van der Waals surface area contributed by atoms with Gasteiger partial charge in [0.15, 0.2) is 0 Å². The van der Waals surface area contributed by atoms with Gasteiger partial charge < -0.3 is 5.32 Å². The van der Waals surface area contributed by atoms with E-state index in [2.05, 4.69) is 12.2 Å². The Bertz CT molecular complexity index is 433. The Kier molecular flexibility index (Phi) is 3.26. The highest BCUT2D eigenvalue weighted by Gasteiger charge is 2.30. The molecule has 0 spiro atoms. The fourth-order valence-corrected chi connectivity index (χ4v) is 2.03. The predicted octanol–water partition coefficient (Wildman–Crippen LogP) is 3.33. The molecule has 1 unspecified atom stereocenters. The molecule has 4 nitrogen and oxygen atoms in total. The van der Waals surface area contributed by atoms with Crippen molar-refractivity contribution in [2.45, 2.75) is 32.2 Å². The quantitative estimate of drug-likeness (QED) is 0.632. The number of hydrogen-bond acceptors (Lipinski definition) is 3. The van der Waals surface area contributed by atoms with Crippen molar-refractivity contribution in [2.24, 2.45) is 5.92 Å². The summed E-state index contributed by atoms with van der Waals surface area (Å²) in [7, 11) is 0. The van der Waals surface area contributed by atoms with Gasteiger partial charge >= 0.3 is 0 Å². The third kappa shape index (κ3) is 2.93. The zero-order valence-electron chi connectivity index (χ0n) is 9.65. The van der Waals surface area contributed by atoms with Gasteiger partial charge in [-0.1, -0.05) is 6.92 Å². The lowest BCUT2D eigenvalue weighted by Crippen LogP contribution is -2.20. The maximum absolute atomic E-state index is 13.2. The topological polar surface area (TPSA) is 55.2 Å². The molecule has 2 rings (SSSR count). The van der Waals surface area contributed by atoms with Crippen LogP contribution in [-0.2, 0) is 0 Å². The third-order valence-electron chi connectivity index (χ3n) is 3.08. The van der Waals surface area contributed by atoms with Crippen LogP contribution in [0.1, 0.15) is 26.2 Å². The zero-order chi connectivity index (χ0) is 12.4. The first-order valence-electron chi connectivity index (χ1n) is 5.81. The molecule has 17 heavy (non-hydrogen) atoms. The lowest BCUT2D eigenvalue weighted by atomic mass is 10.1. The molecular weight excluding hydrogens is 223 g/mol. The number of non-ortho nitro benzene ring substituents is 1. The summed E-state index contributed by atoms with van der Waals surface area (Å²) in [5.74, 6) is 0.0506. The van der Waals surface area contributed by atoms with Gasteiger partial charge in [-0.15, -0.1) is 0 Å². The molecule has 0 radical (unpaired) electrons. The lowest BCUT2D eigenvalue weighted by Gasteiger charge is -2.17. The second-order valence-electron chi connectivity index (χ2n) is 4.45. The van der Waals surface area contributed by atoms with Crippen molar-refractivity contribution in [3.8, 4) is 0 Å². The summed E-state index contributed by atoms with van der Waals surface area (Å²) in [6.07, 6.45) is 3.31. The number of benzene rings is 1.